The van der Waals surface area contributed by atoms with Crippen LogP contribution >= 0.6 is 23.4 Å². The van der Waals surface area contributed by atoms with Crippen molar-refractivity contribution in [2.24, 2.45) is 0 Å². The van der Waals surface area contributed by atoms with Crippen molar-refractivity contribution < 1.29 is 10.0 Å². The van der Waals surface area contributed by atoms with Crippen molar-refractivity contribution in [1.82, 2.24) is 9.78 Å². The van der Waals surface area contributed by atoms with Gasteiger partial charge in [0.15, 0.2) is 0 Å². The number of nitro groups is 1. The van der Waals surface area contributed by atoms with Crippen molar-refractivity contribution >= 4 is 29.1 Å². The zero-order chi connectivity index (χ0) is 16.1. The molecule has 1 aromatic carbocycles. The van der Waals surface area contributed by atoms with Crippen molar-refractivity contribution in [3.8, 4) is 6.07 Å². The number of hydrogen-bond acceptors (Lipinski definition) is 6. The molecule has 9 heteroatoms. The Morgan fingerprint density at radius 3 is 2.95 bits per heavy atom. The summed E-state index contributed by atoms with van der Waals surface area (Å²) in [6.07, 6.45) is 1.66. The fourth-order valence-electron chi connectivity index (χ4n) is 1.69. The molecule has 0 aliphatic rings. The van der Waals surface area contributed by atoms with Crippen LogP contribution in [0.1, 0.15) is 5.56 Å². The Morgan fingerprint density at radius 1 is 1.59 bits per heavy atom. The van der Waals surface area contributed by atoms with Crippen LogP contribution in [0.5, 0.6) is 0 Å². The molecule has 22 heavy (non-hydrogen) atoms. The molecular weight excluding hydrogens is 328 g/mol. The van der Waals surface area contributed by atoms with E-state index in [1.54, 1.807) is 18.2 Å². The number of hydrogen-bond donors (Lipinski definition) is 1. The standard InChI is InChI=1S/C13H11ClN4O3S/c14-12-3-9(4-15)1-2-13(12)22-8-11(19)7-17-6-10(5-16-17)18(20)21/h1-3,5-6,11,19H,7-8H2. The summed E-state index contributed by atoms with van der Waals surface area (Å²) in [6, 6.07) is 6.93. The maximum atomic E-state index is 10.5. The fourth-order valence-corrected chi connectivity index (χ4v) is 2.87. The first-order chi connectivity index (χ1) is 10.5. The summed E-state index contributed by atoms with van der Waals surface area (Å²) in [6.45, 7) is 0.148. The Kier molecular flexibility index (Phi) is 5.38. The molecule has 1 unspecified atom stereocenters. The van der Waals surface area contributed by atoms with E-state index in [1.807, 2.05) is 6.07 Å². The molecule has 2 aromatic rings. The molecule has 1 aromatic heterocycles. The summed E-state index contributed by atoms with van der Waals surface area (Å²) < 4.78 is 1.32. The molecule has 2 rings (SSSR count). The highest BCUT2D eigenvalue weighted by atomic mass is 35.5. The Hall–Kier alpha value is -2.08. The predicted molar refractivity (Wildman–Crippen MR) is 81.8 cm³/mol. The molecular formula is C13H11ClN4O3S. The SMILES string of the molecule is N#Cc1ccc(SCC(O)Cn2cc([N+](=O)[O-])cn2)c(Cl)c1. The van der Waals surface area contributed by atoms with Crippen LogP contribution in [0, 0.1) is 21.4 Å². The van der Waals surface area contributed by atoms with E-state index in [2.05, 4.69) is 5.10 Å². The largest absolute Gasteiger partial charge is 0.390 e. The van der Waals surface area contributed by atoms with Crippen LogP contribution < -0.4 is 0 Å². The third-order valence-corrected chi connectivity index (χ3v) is 4.36. The van der Waals surface area contributed by atoms with Crippen LogP contribution in [0.15, 0.2) is 35.5 Å². The number of nitriles is 1. The molecule has 0 fully saturated rings. The van der Waals surface area contributed by atoms with E-state index in [0.717, 1.165) is 11.1 Å². The Labute approximate surface area is 135 Å². The molecule has 1 atom stereocenters. The molecule has 0 bridgehead atoms. The average Bonchev–Trinajstić information content (AvgIpc) is 2.94. The first kappa shape index (κ1) is 16.3. The zero-order valence-corrected chi connectivity index (χ0v) is 12.8. The number of aliphatic hydroxyl groups excluding tert-OH is 1. The minimum atomic E-state index is -0.740. The number of rotatable bonds is 6. The van der Waals surface area contributed by atoms with Gasteiger partial charge in [-0.3, -0.25) is 14.8 Å². The van der Waals surface area contributed by atoms with E-state index in [0.29, 0.717) is 16.3 Å². The normalized spacial score (nSPS) is 11.9. The van der Waals surface area contributed by atoms with E-state index < -0.39 is 11.0 Å². The quantitative estimate of drug-likeness (QED) is 0.492. The first-order valence-corrected chi connectivity index (χ1v) is 7.53. The van der Waals surface area contributed by atoms with Crippen molar-refractivity contribution in [3.05, 3.63) is 51.3 Å². The van der Waals surface area contributed by atoms with Crippen LogP contribution in [0.4, 0.5) is 5.69 Å². The minimum Gasteiger partial charge on any atom is -0.390 e. The number of nitrogens with zero attached hydrogens (tertiary/aromatic N) is 4. The summed E-state index contributed by atoms with van der Waals surface area (Å²) >= 11 is 7.38. The predicted octanol–water partition coefficient (Wildman–Crippen LogP) is 2.47. The molecule has 0 saturated carbocycles. The maximum Gasteiger partial charge on any atom is 0.306 e. The molecule has 0 radical (unpaired) electrons. The summed E-state index contributed by atoms with van der Waals surface area (Å²) in [5, 5.41) is 33.5. The second-order valence-corrected chi connectivity index (χ2v) is 5.87. The highest BCUT2D eigenvalue weighted by Crippen LogP contribution is 2.28. The van der Waals surface area contributed by atoms with E-state index in [1.165, 1.54) is 22.6 Å². The smallest absolute Gasteiger partial charge is 0.306 e. The first-order valence-electron chi connectivity index (χ1n) is 6.17. The zero-order valence-electron chi connectivity index (χ0n) is 11.2. The Balaban J connectivity index is 1.91. The van der Waals surface area contributed by atoms with Gasteiger partial charge in [0, 0.05) is 10.6 Å². The highest BCUT2D eigenvalue weighted by molar-refractivity contribution is 7.99. The lowest BCUT2D eigenvalue weighted by molar-refractivity contribution is -0.385. The van der Waals surface area contributed by atoms with Gasteiger partial charge in [0.25, 0.3) is 0 Å². The van der Waals surface area contributed by atoms with Crippen molar-refractivity contribution in [2.75, 3.05) is 5.75 Å². The van der Waals surface area contributed by atoms with E-state index in [4.69, 9.17) is 16.9 Å². The Morgan fingerprint density at radius 2 is 2.36 bits per heavy atom. The second-order valence-electron chi connectivity index (χ2n) is 4.40. The highest BCUT2D eigenvalue weighted by Gasteiger charge is 2.13. The van der Waals surface area contributed by atoms with Gasteiger partial charge in [0.05, 0.1) is 34.2 Å². The van der Waals surface area contributed by atoms with Gasteiger partial charge in [0.2, 0.25) is 0 Å². The van der Waals surface area contributed by atoms with Crippen LogP contribution in [0.25, 0.3) is 0 Å². The van der Waals surface area contributed by atoms with Crippen molar-refractivity contribution in [1.29, 1.82) is 5.26 Å². The number of aromatic nitrogens is 2. The van der Waals surface area contributed by atoms with E-state index in [-0.39, 0.29) is 12.2 Å². The number of thioether (sulfide) groups is 1. The summed E-state index contributed by atoms with van der Waals surface area (Å²) in [5.41, 5.74) is 0.355. The van der Waals surface area contributed by atoms with Gasteiger partial charge in [-0.2, -0.15) is 10.4 Å². The van der Waals surface area contributed by atoms with Gasteiger partial charge < -0.3 is 5.11 Å². The summed E-state index contributed by atoms with van der Waals surface area (Å²) in [4.78, 5) is 10.8. The third-order valence-electron chi connectivity index (χ3n) is 2.72. The molecule has 1 heterocycles. The molecule has 0 spiro atoms. The number of halogens is 1. The molecule has 0 aliphatic heterocycles. The topological polar surface area (TPSA) is 105 Å². The molecule has 0 saturated heterocycles. The van der Waals surface area contributed by atoms with Gasteiger partial charge in [-0.05, 0) is 18.2 Å². The molecule has 7 nitrogen and oxygen atoms in total. The lowest BCUT2D eigenvalue weighted by Gasteiger charge is -2.11. The van der Waals surface area contributed by atoms with E-state index in [9.17, 15) is 15.2 Å². The van der Waals surface area contributed by atoms with Crippen molar-refractivity contribution in [3.63, 3.8) is 0 Å². The number of benzene rings is 1. The van der Waals surface area contributed by atoms with Crippen molar-refractivity contribution in [2.45, 2.75) is 17.5 Å². The van der Waals surface area contributed by atoms with Gasteiger partial charge >= 0.3 is 5.69 Å². The number of aliphatic hydroxyl groups is 1. The molecule has 1 N–H and O–H groups in total. The maximum absolute atomic E-state index is 10.5. The van der Waals surface area contributed by atoms with Crippen LogP contribution in [0.2, 0.25) is 5.02 Å². The van der Waals surface area contributed by atoms with Gasteiger partial charge in [0.1, 0.15) is 12.4 Å². The lowest BCUT2D eigenvalue weighted by atomic mass is 10.2. The summed E-state index contributed by atoms with van der Waals surface area (Å²) in [7, 11) is 0. The van der Waals surface area contributed by atoms with Crippen LogP contribution in [0.3, 0.4) is 0 Å². The monoisotopic (exact) mass is 338 g/mol. The molecule has 0 amide bonds. The lowest BCUT2D eigenvalue weighted by Crippen LogP contribution is -2.18. The molecule has 114 valence electrons. The van der Waals surface area contributed by atoms with Crippen LogP contribution in [-0.2, 0) is 6.54 Å². The van der Waals surface area contributed by atoms with E-state index >= 15 is 0 Å². The minimum absolute atomic E-state index is 0.116. The van der Waals surface area contributed by atoms with Crippen LogP contribution in [-0.4, -0.2) is 31.7 Å². The van der Waals surface area contributed by atoms with Gasteiger partial charge in [-0.15, -0.1) is 11.8 Å². The molecule has 0 aliphatic carbocycles. The second kappa shape index (κ2) is 7.26. The fraction of sp³-hybridized carbons (Fsp3) is 0.231. The summed E-state index contributed by atoms with van der Waals surface area (Å²) in [5.74, 6) is 0.347. The van der Waals surface area contributed by atoms with Gasteiger partial charge in [-0.25, -0.2) is 0 Å². The van der Waals surface area contributed by atoms with Gasteiger partial charge in [-0.1, -0.05) is 11.6 Å². The third kappa shape index (κ3) is 4.21. The Bertz CT molecular complexity index is 728. The average molecular weight is 339 g/mol.